The van der Waals surface area contributed by atoms with Crippen LogP contribution < -0.4 is 10.3 Å². The van der Waals surface area contributed by atoms with Gasteiger partial charge in [0.25, 0.3) is 5.82 Å². The Balaban J connectivity index is 1.98. The molecule has 0 spiro atoms. The number of H-pyrrole nitrogens is 1. The highest BCUT2D eigenvalue weighted by atomic mass is 16.3. The molecule has 1 aromatic carbocycles. The predicted octanol–water partition coefficient (Wildman–Crippen LogP) is 1.66. The molecule has 4 nitrogen and oxygen atoms in total. The zero-order valence-electron chi connectivity index (χ0n) is 10.2. The van der Waals surface area contributed by atoms with Gasteiger partial charge in [-0.15, -0.1) is 0 Å². The lowest BCUT2D eigenvalue weighted by atomic mass is 10.1. The lowest BCUT2D eigenvalue weighted by Crippen LogP contribution is -2.19. The number of phenolic OH excluding ortho intramolecular Hbond substituents is 1. The summed E-state index contributed by atoms with van der Waals surface area (Å²) in [6.07, 6.45) is 1.22. The van der Waals surface area contributed by atoms with Gasteiger partial charge < -0.3 is 10.2 Å². The highest BCUT2D eigenvalue weighted by molar-refractivity contribution is 5.38. The van der Waals surface area contributed by atoms with E-state index in [0.29, 0.717) is 6.54 Å². The Hall–Kier alpha value is -2.07. The molecule has 1 aromatic heterocycles. The summed E-state index contributed by atoms with van der Waals surface area (Å²) in [6, 6.07) is 10.5. The lowest BCUT2D eigenvalue weighted by Gasteiger charge is -2.09. The maximum atomic E-state index is 10.0. The van der Waals surface area contributed by atoms with Crippen LogP contribution in [0.1, 0.15) is 17.2 Å². The van der Waals surface area contributed by atoms with Gasteiger partial charge in [0, 0.05) is 5.56 Å². The number of aromatic amines is 1. The van der Waals surface area contributed by atoms with Crippen molar-refractivity contribution in [2.24, 2.45) is 0 Å². The predicted molar refractivity (Wildman–Crippen MR) is 69.3 cm³/mol. The molecule has 0 saturated heterocycles. The quantitative estimate of drug-likeness (QED) is 0.767. The van der Waals surface area contributed by atoms with Crippen molar-refractivity contribution < 1.29 is 15.2 Å². The van der Waals surface area contributed by atoms with E-state index in [1.165, 1.54) is 0 Å². The molecule has 0 amide bonds. The van der Waals surface area contributed by atoms with Crippen molar-refractivity contribution in [1.82, 2.24) is 0 Å². The lowest BCUT2D eigenvalue weighted by molar-refractivity contribution is -0.361. The van der Waals surface area contributed by atoms with E-state index in [1.54, 1.807) is 24.3 Å². The Kier molecular flexibility index (Phi) is 3.79. The van der Waals surface area contributed by atoms with Gasteiger partial charge >= 0.3 is 0 Å². The van der Waals surface area contributed by atoms with Crippen molar-refractivity contribution in [2.75, 3.05) is 11.9 Å². The van der Waals surface area contributed by atoms with Crippen LogP contribution in [0.25, 0.3) is 0 Å². The fourth-order valence-corrected chi connectivity index (χ4v) is 1.72. The number of anilines is 1. The van der Waals surface area contributed by atoms with Gasteiger partial charge in [-0.1, -0.05) is 12.1 Å². The highest BCUT2D eigenvalue weighted by Gasteiger charge is 2.12. The highest BCUT2D eigenvalue weighted by Crippen LogP contribution is 2.17. The van der Waals surface area contributed by atoms with Gasteiger partial charge in [0.1, 0.15) is 18.4 Å². The van der Waals surface area contributed by atoms with Gasteiger partial charge in [-0.3, -0.25) is 5.32 Å². The second-order valence-electron chi connectivity index (χ2n) is 4.22. The van der Waals surface area contributed by atoms with Crippen LogP contribution in [0.3, 0.4) is 0 Å². The average molecular weight is 245 g/mol. The topological polar surface area (TPSA) is 66.6 Å². The molecular weight excluding hydrogens is 228 g/mol. The van der Waals surface area contributed by atoms with E-state index in [4.69, 9.17) is 0 Å². The molecule has 0 bridgehead atoms. The molecule has 0 radical (unpaired) electrons. The smallest absolute Gasteiger partial charge is 0.275 e. The second-order valence-corrected chi connectivity index (χ2v) is 4.22. The van der Waals surface area contributed by atoms with E-state index in [2.05, 4.69) is 10.3 Å². The first kappa shape index (κ1) is 12.4. The van der Waals surface area contributed by atoms with Crippen LogP contribution in [0.2, 0.25) is 0 Å². The summed E-state index contributed by atoms with van der Waals surface area (Å²) in [6.45, 7) is 2.40. The number of aromatic hydroxyl groups is 1. The monoisotopic (exact) mass is 245 g/mol. The fraction of sp³-hybridized carbons (Fsp3) is 0.214. The molecular formula is C14H17N2O2+. The summed E-state index contributed by atoms with van der Waals surface area (Å²) < 4.78 is 0. The number of pyridine rings is 1. The van der Waals surface area contributed by atoms with Crippen molar-refractivity contribution in [3.05, 3.63) is 53.7 Å². The van der Waals surface area contributed by atoms with Crippen LogP contribution >= 0.6 is 0 Å². The summed E-state index contributed by atoms with van der Waals surface area (Å²) in [5.41, 5.74) is 1.87. The van der Waals surface area contributed by atoms with Gasteiger partial charge in [-0.25, -0.2) is 4.98 Å². The molecule has 2 aromatic rings. The second kappa shape index (κ2) is 5.51. The SMILES string of the molecule is Cc1ccc[nH+]c1NCC(O)c1ccc(O)cc1. The van der Waals surface area contributed by atoms with Crippen LogP contribution in [0, 0.1) is 6.92 Å². The maximum Gasteiger partial charge on any atom is 0.275 e. The van der Waals surface area contributed by atoms with Gasteiger partial charge in [-0.2, -0.15) is 0 Å². The van der Waals surface area contributed by atoms with Gasteiger partial charge in [0.05, 0.1) is 6.20 Å². The molecule has 0 aliphatic carbocycles. The average Bonchev–Trinajstić information content (AvgIpc) is 2.38. The summed E-state index contributed by atoms with van der Waals surface area (Å²) in [5.74, 6) is 1.10. The Morgan fingerprint density at radius 1 is 1.22 bits per heavy atom. The number of nitrogens with one attached hydrogen (secondary N) is 2. The molecule has 1 atom stereocenters. The number of phenols is 1. The van der Waals surface area contributed by atoms with E-state index < -0.39 is 6.10 Å². The minimum atomic E-state index is -0.612. The van der Waals surface area contributed by atoms with Crippen molar-refractivity contribution in [2.45, 2.75) is 13.0 Å². The largest absolute Gasteiger partial charge is 0.508 e. The maximum absolute atomic E-state index is 10.0. The normalized spacial score (nSPS) is 12.1. The van der Waals surface area contributed by atoms with Crippen LogP contribution in [0.5, 0.6) is 5.75 Å². The third-order valence-corrected chi connectivity index (χ3v) is 2.81. The Bertz CT molecular complexity index is 511. The first-order valence-corrected chi connectivity index (χ1v) is 5.85. The number of aromatic nitrogens is 1. The van der Waals surface area contributed by atoms with E-state index >= 15 is 0 Å². The fourth-order valence-electron chi connectivity index (χ4n) is 1.72. The van der Waals surface area contributed by atoms with E-state index in [9.17, 15) is 10.2 Å². The van der Waals surface area contributed by atoms with Gasteiger partial charge in [0.15, 0.2) is 0 Å². The third-order valence-electron chi connectivity index (χ3n) is 2.81. The first-order chi connectivity index (χ1) is 8.66. The molecule has 0 fully saturated rings. The number of aliphatic hydroxyl groups is 1. The number of benzene rings is 1. The molecule has 4 N–H and O–H groups in total. The van der Waals surface area contributed by atoms with Crippen LogP contribution in [0.15, 0.2) is 42.6 Å². The zero-order valence-corrected chi connectivity index (χ0v) is 10.2. The molecule has 1 unspecified atom stereocenters. The van der Waals surface area contributed by atoms with Crippen LogP contribution in [-0.4, -0.2) is 16.8 Å². The van der Waals surface area contributed by atoms with Crippen molar-refractivity contribution in [1.29, 1.82) is 0 Å². The van der Waals surface area contributed by atoms with Crippen molar-refractivity contribution >= 4 is 5.82 Å². The summed E-state index contributed by atoms with van der Waals surface area (Å²) in [5, 5.41) is 22.3. The number of rotatable bonds is 4. The zero-order chi connectivity index (χ0) is 13.0. The van der Waals surface area contributed by atoms with E-state index in [1.807, 2.05) is 25.3 Å². The van der Waals surface area contributed by atoms with E-state index in [-0.39, 0.29) is 5.75 Å². The summed E-state index contributed by atoms with van der Waals surface area (Å²) >= 11 is 0. The van der Waals surface area contributed by atoms with Gasteiger partial charge in [-0.05, 0) is 36.8 Å². The standard InChI is InChI=1S/C14H16N2O2/c1-10-3-2-8-15-14(10)16-9-13(18)11-4-6-12(17)7-5-11/h2-8,13,17-18H,9H2,1H3,(H,15,16)/p+1. The third kappa shape index (κ3) is 2.99. The minimum Gasteiger partial charge on any atom is -0.508 e. The molecule has 2 rings (SSSR count). The first-order valence-electron chi connectivity index (χ1n) is 5.85. The van der Waals surface area contributed by atoms with Crippen molar-refractivity contribution in [3.8, 4) is 5.75 Å². The van der Waals surface area contributed by atoms with E-state index in [0.717, 1.165) is 16.9 Å². The number of aliphatic hydroxyl groups excluding tert-OH is 1. The Morgan fingerprint density at radius 3 is 2.61 bits per heavy atom. The summed E-state index contributed by atoms with van der Waals surface area (Å²) in [4.78, 5) is 3.09. The number of aryl methyl sites for hydroxylation is 1. The Morgan fingerprint density at radius 2 is 1.94 bits per heavy atom. The van der Waals surface area contributed by atoms with Crippen LogP contribution in [-0.2, 0) is 0 Å². The Labute approximate surface area is 106 Å². The minimum absolute atomic E-state index is 0.200. The molecule has 94 valence electrons. The summed E-state index contributed by atoms with van der Waals surface area (Å²) in [7, 11) is 0. The molecule has 0 aliphatic heterocycles. The number of hydrogen-bond donors (Lipinski definition) is 3. The van der Waals surface area contributed by atoms with Crippen LogP contribution in [0.4, 0.5) is 5.82 Å². The molecule has 0 saturated carbocycles. The molecule has 4 heteroatoms. The number of hydrogen-bond acceptors (Lipinski definition) is 3. The van der Waals surface area contributed by atoms with Gasteiger partial charge in [0.2, 0.25) is 0 Å². The molecule has 1 heterocycles. The molecule has 18 heavy (non-hydrogen) atoms. The van der Waals surface area contributed by atoms with Crippen molar-refractivity contribution in [3.63, 3.8) is 0 Å². The molecule has 0 aliphatic rings.